The van der Waals surface area contributed by atoms with Crippen LogP contribution in [0.3, 0.4) is 0 Å². The Labute approximate surface area is 242 Å². The second-order valence-corrected chi connectivity index (χ2v) is 10.9. The minimum absolute atomic E-state index is 0.884. The molecule has 0 fully saturated rings. The summed E-state index contributed by atoms with van der Waals surface area (Å²) in [5.41, 5.74) is 5.01. The van der Waals surface area contributed by atoms with Gasteiger partial charge in [0.15, 0.2) is 5.58 Å². The highest BCUT2D eigenvalue weighted by molar-refractivity contribution is 6.26. The number of benzene rings is 8. The lowest BCUT2D eigenvalue weighted by atomic mass is 9.94. The van der Waals surface area contributed by atoms with E-state index in [-0.39, 0.29) is 0 Å². The van der Waals surface area contributed by atoms with Gasteiger partial charge in [-0.05, 0) is 68.0 Å². The van der Waals surface area contributed by atoms with Crippen LogP contribution in [0, 0.1) is 0 Å². The summed E-state index contributed by atoms with van der Waals surface area (Å²) in [5.74, 6) is 0. The van der Waals surface area contributed by atoms with Gasteiger partial charge in [-0.1, -0.05) is 121 Å². The molecule has 0 N–H and O–H groups in total. The topological polar surface area (TPSA) is 16.4 Å². The maximum atomic E-state index is 6.59. The van der Waals surface area contributed by atoms with Crippen molar-refractivity contribution in [1.29, 1.82) is 0 Å². The van der Waals surface area contributed by atoms with Gasteiger partial charge in [-0.15, -0.1) is 0 Å². The lowest BCUT2D eigenvalue weighted by molar-refractivity contribution is 0.669. The zero-order valence-corrected chi connectivity index (χ0v) is 22.8. The third-order valence-electron chi connectivity index (χ3n) is 8.62. The van der Waals surface area contributed by atoms with Crippen molar-refractivity contribution in [1.82, 2.24) is 0 Å². The average Bonchev–Trinajstić information content (AvgIpc) is 3.45. The molecule has 0 aliphatic carbocycles. The molecule has 9 aromatic rings. The van der Waals surface area contributed by atoms with Crippen LogP contribution in [-0.4, -0.2) is 0 Å². The maximum absolute atomic E-state index is 6.59. The van der Waals surface area contributed by atoms with Crippen LogP contribution in [0.2, 0.25) is 0 Å². The van der Waals surface area contributed by atoms with Gasteiger partial charge in [-0.3, -0.25) is 0 Å². The molecule has 1 aromatic heterocycles. The molecule has 8 aromatic carbocycles. The molecule has 0 aliphatic rings. The lowest BCUT2D eigenvalue weighted by Gasteiger charge is -2.27. The van der Waals surface area contributed by atoms with Gasteiger partial charge < -0.3 is 9.32 Å². The Morgan fingerprint density at radius 2 is 0.881 bits per heavy atom. The number of nitrogens with zero attached hydrogens (tertiary/aromatic N) is 1. The van der Waals surface area contributed by atoms with E-state index in [1.54, 1.807) is 0 Å². The number of fused-ring (bicyclic) bond motifs is 10. The molecule has 0 aliphatic heterocycles. The first-order valence-electron chi connectivity index (χ1n) is 14.4. The average molecular weight is 536 g/mol. The number of hydrogen-bond donors (Lipinski definition) is 0. The summed E-state index contributed by atoms with van der Waals surface area (Å²) in [7, 11) is 0. The predicted octanol–water partition coefficient (Wildman–Crippen LogP) is 11.7. The number of para-hydroxylation sites is 2. The van der Waals surface area contributed by atoms with Gasteiger partial charge in [0.05, 0.1) is 11.4 Å². The molecule has 9 rings (SSSR count). The van der Waals surface area contributed by atoms with E-state index in [9.17, 15) is 0 Å². The first-order chi connectivity index (χ1) is 20.8. The van der Waals surface area contributed by atoms with Crippen molar-refractivity contribution < 1.29 is 4.42 Å². The second-order valence-electron chi connectivity index (χ2n) is 10.9. The minimum Gasteiger partial charge on any atom is -0.454 e. The van der Waals surface area contributed by atoms with Crippen molar-refractivity contribution in [3.05, 3.63) is 152 Å². The van der Waals surface area contributed by atoms with Crippen LogP contribution in [0.4, 0.5) is 17.1 Å². The normalized spacial score (nSPS) is 11.8. The Kier molecular flexibility index (Phi) is 4.93. The van der Waals surface area contributed by atoms with Gasteiger partial charge in [-0.25, -0.2) is 0 Å². The fourth-order valence-corrected chi connectivity index (χ4v) is 6.75. The highest BCUT2D eigenvalue weighted by Crippen LogP contribution is 2.46. The number of hydrogen-bond acceptors (Lipinski definition) is 2. The zero-order chi connectivity index (χ0) is 27.6. The molecule has 2 heteroatoms. The van der Waals surface area contributed by atoms with Crippen molar-refractivity contribution in [2.45, 2.75) is 0 Å². The fraction of sp³-hybridized carbons (Fsp3) is 0. The van der Waals surface area contributed by atoms with Crippen molar-refractivity contribution in [3.8, 4) is 0 Å². The SMILES string of the molecule is c1ccc2c(N(c3ccc4c5ccccc5c5ccccc5c4c3)c3cccc4c3oc3ccccc34)cccc2c1. The Hall–Kier alpha value is -5.60. The van der Waals surface area contributed by atoms with E-state index in [4.69, 9.17) is 4.42 Å². The standard InChI is InChI=1S/C40H25NO/c1-2-13-28-26(11-1)12-9-20-37(28)41(38-21-10-19-35-34-18-7-8-22-39(34)42-40(35)38)27-23-24-33-31-16-4-3-14-29(31)30-15-5-6-17-32(30)36(33)25-27/h1-25H. The number of anilines is 3. The van der Waals surface area contributed by atoms with Crippen molar-refractivity contribution in [3.63, 3.8) is 0 Å². The van der Waals surface area contributed by atoms with Gasteiger partial charge in [-0.2, -0.15) is 0 Å². The van der Waals surface area contributed by atoms with Gasteiger partial charge in [0, 0.05) is 21.8 Å². The van der Waals surface area contributed by atoms with Crippen LogP contribution in [-0.2, 0) is 0 Å². The molecule has 42 heavy (non-hydrogen) atoms. The Morgan fingerprint density at radius 3 is 1.64 bits per heavy atom. The van der Waals surface area contributed by atoms with E-state index in [2.05, 4.69) is 150 Å². The van der Waals surface area contributed by atoms with Crippen LogP contribution in [0.1, 0.15) is 0 Å². The molecule has 196 valence electrons. The highest BCUT2D eigenvalue weighted by Gasteiger charge is 2.21. The van der Waals surface area contributed by atoms with Crippen LogP contribution in [0.15, 0.2) is 156 Å². The molecule has 0 spiro atoms. The maximum Gasteiger partial charge on any atom is 0.159 e. The quantitative estimate of drug-likeness (QED) is 0.209. The summed E-state index contributed by atoms with van der Waals surface area (Å²) in [6.07, 6.45) is 0. The van der Waals surface area contributed by atoms with E-state index < -0.39 is 0 Å². The Balaban J connectivity index is 1.41. The summed E-state index contributed by atoms with van der Waals surface area (Å²) in [5, 5.41) is 12.2. The first-order valence-corrected chi connectivity index (χ1v) is 14.4. The first kappa shape index (κ1) is 23.1. The van der Waals surface area contributed by atoms with Gasteiger partial charge >= 0.3 is 0 Å². The molecule has 0 atom stereocenters. The Bertz CT molecular complexity index is 2450. The summed E-state index contributed by atoms with van der Waals surface area (Å²) >= 11 is 0. The molecule has 0 saturated heterocycles. The third-order valence-corrected chi connectivity index (χ3v) is 8.62. The second kappa shape index (κ2) is 8.95. The minimum atomic E-state index is 0.884. The van der Waals surface area contributed by atoms with Crippen LogP contribution in [0.5, 0.6) is 0 Å². The summed E-state index contributed by atoms with van der Waals surface area (Å²) in [4.78, 5) is 2.37. The van der Waals surface area contributed by atoms with E-state index in [1.807, 2.05) is 6.07 Å². The zero-order valence-electron chi connectivity index (χ0n) is 22.8. The van der Waals surface area contributed by atoms with Crippen molar-refractivity contribution in [2.75, 3.05) is 4.90 Å². The number of rotatable bonds is 3. The van der Waals surface area contributed by atoms with Gasteiger partial charge in [0.1, 0.15) is 5.58 Å². The van der Waals surface area contributed by atoms with E-state index in [1.165, 1.54) is 43.1 Å². The molecule has 0 radical (unpaired) electrons. The number of furan rings is 1. The summed E-state index contributed by atoms with van der Waals surface area (Å²) < 4.78 is 6.59. The van der Waals surface area contributed by atoms with Crippen LogP contribution < -0.4 is 4.90 Å². The predicted molar refractivity (Wildman–Crippen MR) is 178 cm³/mol. The van der Waals surface area contributed by atoms with Crippen molar-refractivity contribution in [2.24, 2.45) is 0 Å². The van der Waals surface area contributed by atoms with Crippen molar-refractivity contribution >= 4 is 82.1 Å². The molecule has 0 saturated carbocycles. The molecular formula is C40H25NO. The van der Waals surface area contributed by atoms with Crippen LogP contribution in [0.25, 0.3) is 65.0 Å². The molecule has 0 amide bonds. The third kappa shape index (κ3) is 3.33. The van der Waals surface area contributed by atoms with Gasteiger partial charge in [0.25, 0.3) is 0 Å². The van der Waals surface area contributed by atoms with Gasteiger partial charge in [0.2, 0.25) is 0 Å². The smallest absolute Gasteiger partial charge is 0.159 e. The summed E-state index contributed by atoms with van der Waals surface area (Å²) in [6, 6.07) is 54.3. The van der Waals surface area contributed by atoms with E-state index in [0.29, 0.717) is 0 Å². The molecular weight excluding hydrogens is 510 g/mol. The summed E-state index contributed by atoms with van der Waals surface area (Å²) in [6.45, 7) is 0. The van der Waals surface area contributed by atoms with E-state index >= 15 is 0 Å². The molecule has 2 nitrogen and oxygen atoms in total. The lowest BCUT2D eigenvalue weighted by Crippen LogP contribution is -2.10. The van der Waals surface area contributed by atoms with E-state index in [0.717, 1.165) is 39.0 Å². The Morgan fingerprint density at radius 1 is 0.357 bits per heavy atom. The largest absolute Gasteiger partial charge is 0.454 e. The molecule has 0 unspecified atom stereocenters. The highest BCUT2D eigenvalue weighted by atomic mass is 16.3. The monoisotopic (exact) mass is 535 g/mol. The fourth-order valence-electron chi connectivity index (χ4n) is 6.75. The molecule has 1 heterocycles. The molecule has 0 bridgehead atoms. The van der Waals surface area contributed by atoms with Crippen LogP contribution >= 0.6 is 0 Å².